The smallest absolute Gasteiger partial charge is 0.296 e. The van der Waals surface area contributed by atoms with E-state index in [4.69, 9.17) is 16.6 Å². The molecule has 1 N–H and O–H groups in total. The Hall–Kier alpha value is -4.03. The van der Waals surface area contributed by atoms with Crippen molar-refractivity contribution >= 4 is 45.0 Å². The number of halogens is 1. The molecule has 0 unspecified atom stereocenters. The molecule has 0 aliphatic carbocycles. The zero-order valence-corrected chi connectivity index (χ0v) is 18.7. The molecule has 7 heteroatoms. The van der Waals surface area contributed by atoms with E-state index in [-0.39, 0.29) is 11.6 Å². The SMILES string of the molecule is Cc1ccc2nc(-c3ccccc3)cc(C(=O)N=Nc3c(O)n(C)c4ccc(Cl)cc34)c2c1. The first-order chi connectivity index (χ1) is 15.9. The maximum absolute atomic E-state index is 13.2. The van der Waals surface area contributed by atoms with Gasteiger partial charge in [0.15, 0.2) is 5.69 Å². The second-order valence-corrected chi connectivity index (χ2v) is 8.28. The van der Waals surface area contributed by atoms with E-state index in [1.54, 1.807) is 35.9 Å². The van der Waals surface area contributed by atoms with Crippen LogP contribution in [0.5, 0.6) is 5.88 Å². The van der Waals surface area contributed by atoms with Crippen LogP contribution in [0.4, 0.5) is 5.69 Å². The van der Waals surface area contributed by atoms with Crippen molar-refractivity contribution in [3.63, 3.8) is 0 Å². The number of carbonyl (C=O) groups excluding carboxylic acids is 1. The van der Waals surface area contributed by atoms with Crippen molar-refractivity contribution in [3.05, 3.63) is 88.9 Å². The van der Waals surface area contributed by atoms with Crippen molar-refractivity contribution in [1.29, 1.82) is 0 Å². The Morgan fingerprint density at radius 1 is 1.00 bits per heavy atom. The molecule has 1 amide bonds. The fourth-order valence-electron chi connectivity index (χ4n) is 3.91. The average molecular weight is 455 g/mol. The van der Waals surface area contributed by atoms with Crippen LogP contribution < -0.4 is 0 Å². The summed E-state index contributed by atoms with van der Waals surface area (Å²) in [6.45, 7) is 1.96. The maximum Gasteiger partial charge on any atom is 0.296 e. The maximum atomic E-state index is 13.2. The largest absolute Gasteiger partial charge is 0.493 e. The molecule has 0 aliphatic heterocycles. The third-order valence-electron chi connectivity index (χ3n) is 5.61. The Bertz CT molecular complexity index is 1570. The second kappa shape index (κ2) is 8.15. The first-order valence-corrected chi connectivity index (χ1v) is 10.7. The highest BCUT2D eigenvalue weighted by Gasteiger charge is 2.17. The summed E-state index contributed by atoms with van der Waals surface area (Å²) in [5.74, 6) is -0.618. The van der Waals surface area contributed by atoms with Crippen LogP contribution in [0.15, 0.2) is 83.0 Å². The number of rotatable bonds is 3. The van der Waals surface area contributed by atoms with E-state index >= 15 is 0 Å². The quantitative estimate of drug-likeness (QED) is 0.298. The molecule has 162 valence electrons. The normalized spacial score (nSPS) is 11.6. The Morgan fingerprint density at radius 3 is 2.58 bits per heavy atom. The molecule has 5 rings (SSSR count). The Morgan fingerprint density at radius 2 is 1.79 bits per heavy atom. The monoisotopic (exact) mass is 454 g/mol. The zero-order valence-electron chi connectivity index (χ0n) is 18.0. The van der Waals surface area contributed by atoms with Gasteiger partial charge in [-0.3, -0.25) is 4.79 Å². The minimum Gasteiger partial charge on any atom is -0.493 e. The standard InChI is InChI=1S/C26H19ClN4O2/c1-15-8-10-21-18(12-15)19(14-22(28-21)16-6-4-3-5-7-16)25(32)30-29-24-20-13-17(27)9-11-23(20)31(2)26(24)33/h3-14,33H,1-2H3. The van der Waals surface area contributed by atoms with Gasteiger partial charge >= 0.3 is 0 Å². The topological polar surface area (TPSA) is 79.8 Å². The van der Waals surface area contributed by atoms with Crippen LogP contribution in [-0.2, 0) is 7.05 Å². The summed E-state index contributed by atoms with van der Waals surface area (Å²) in [4.78, 5) is 18.0. The van der Waals surface area contributed by atoms with Crippen molar-refractivity contribution in [2.45, 2.75) is 6.92 Å². The molecule has 0 bridgehead atoms. The number of fused-ring (bicyclic) bond motifs is 2. The molecule has 2 aromatic heterocycles. The summed E-state index contributed by atoms with van der Waals surface area (Å²) in [6.07, 6.45) is 0. The fourth-order valence-corrected chi connectivity index (χ4v) is 4.08. The molecule has 0 saturated carbocycles. The van der Waals surface area contributed by atoms with E-state index in [1.165, 1.54) is 0 Å². The number of aromatic hydroxyl groups is 1. The lowest BCUT2D eigenvalue weighted by Crippen LogP contribution is -1.99. The van der Waals surface area contributed by atoms with Gasteiger partial charge in [0.05, 0.1) is 22.3 Å². The van der Waals surface area contributed by atoms with Crippen molar-refractivity contribution in [1.82, 2.24) is 9.55 Å². The number of benzene rings is 3. The first-order valence-electron chi connectivity index (χ1n) is 10.3. The molecule has 0 spiro atoms. The van der Waals surface area contributed by atoms with E-state index in [0.29, 0.717) is 32.6 Å². The van der Waals surface area contributed by atoms with Crippen LogP contribution in [0.2, 0.25) is 5.02 Å². The van der Waals surface area contributed by atoms with Crippen molar-refractivity contribution in [2.24, 2.45) is 17.3 Å². The highest BCUT2D eigenvalue weighted by molar-refractivity contribution is 6.31. The van der Waals surface area contributed by atoms with E-state index in [1.807, 2.05) is 55.5 Å². The Kier molecular flexibility index (Phi) is 5.15. The van der Waals surface area contributed by atoms with Gasteiger partial charge in [-0.25, -0.2) is 4.98 Å². The van der Waals surface area contributed by atoms with Crippen LogP contribution in [0.1, 0.15) is 15.9 Å². The van der Waals surface area contributed by atoms with Crippen LogP contribution >= 0.6 is 11.6 Å². The predicted molar refractivity (Wildman–Crippen MR) is 130 cm³/mol. The van der Waals surface area contributed by atoms with Crippen LogP contribution in [-0.4, -0.2) is 20.6 Å². The van der Waals surface area contributed by atoms with Gasteiger partial charge in [-0.1, -0.05) is 53.6 Å². The Labute approximate surface area is 194 Å². The van der Waals surface area contributed by atoms with Gasteiger partial charge < -0.3 is 9.67 Å². The number of carbonyl (C=O) groups is 1. The van der Waals surface area contributed by atoms with E-state index in [9.17, 15) is 9.90 Å². The molecule has 33 heavy (non-hydrogen) atoms. The van der Waals surface area contributed by atoms with Crippen LogP contribution in [0, 0.1) is 6.92 Å². The number of hydrogen-bond acceptors (Lipinski definition) is 4. The fraction of sp³-hybridized carbons (Fsp3) is 0.0769. The van der Waals surface area contributed by atoms with Gasteiger partial charge in [0, 0.05) is 28.4 Å². The summed E-state index contributed by atoms with van der Waals surface area (Å²) >= 11 is 6.13. The minimum absolute atomic E-state index is 0.0933. The second-order valence-electron chi connectivity index (χ2n) is 7.84. The molecule has 5 aromatic rings. The molecular formula is C26H19ClN4O2. The molecule has 0 radical (unpaired) electrons. The van der Waals surface area contributed by atoms with Gasteiger partial charge in [0.2, 0.25) is 5.88 Å². The minimum atomic E-state index is -0.524. The summed E-state index contributed by atoms with van der Waals surface area (Å²) in [7, 11) is 1.71. The van der Waals surface area contributed by atoms with E-state index < -0.39 is 5.91 Å². The van der Waals surface area contributed by atoms with Crippen molar-refractivity contribution in [2.75, 3.05) is 0 Å². The average Bonchev–Trinajstić information content (AvgIpc) is 3.06. The zero-order chi connectivity index (χ0) is 23.1. The van der Waals surface area contributed by atoms with Crippen LogP contribution in [0.25, 0.3) is 33.1 Å². The lowest BCUT2D eigenvalue weighted by Gasteiger charge is -2.08. The van der Waals surface area contributed by atoms with Gasteiger partial charge in [0.25, 0.3) is 5.91 Å². The number of pyridine rings is 1. The molecule has 0 atom stereocenters. The molecule has 3 aromatic carbocycles. The van der Waals surface area contributed by atoms with E-state index in [0.717, 1.165) is 16.6 Å². The van der Waals surface area contributed by atoms with E-state index in [2.05, 4.69) is 10.2 Å². The molecular weight excluding hydrogens is 436 g/mol. The lowest BCUT2D eigenvalue weighted by molar-refractivity contribution is 0.0996. The summed E-state index contributed by atoms with van der Waals surface area (Å²) in [6, 6.07) is 22.3. The summed E-state index contributed by atoms with van der Waals surface area (Å²) < 4.78 is 1.57. The predicted octanol–water partition coefficient (Wildman–Crippen LogP) is 6.99. The summed E-state index contributed by atoms with van der Waals surface area (Å²) in [5.41, 5.74) is 4.59. The summed E-state index contributed by atoms with van der Waals surface area (Å²) in [5, 5.41) is 20.5. The first kappa shape index (κ1) is 20.8. The number of aromatic nitrogens is 2. The molecule has 0 fully saturated rings. The van der Waals surface area contributed by atoms with Gasteiger partial charge in [-0.2, -0.15) is 0 Å². The molecule has 0 saturated heterocycles. The molecule has 6 nitrogen and oxygen atoms in total. The van der Waals surface area contributed by atoms with Crippen molar-refractivity contribution in [3.8, 4) is 17.1 Å². The highest BCUT2D eigenvalue weighted by atomic mass is 35.5. The third-order valence-corrected chi connectivity index (χ3v) is 5.84. The van der Waals surface area contributed by atoms with Crippen molar-refractivity contribution < 1.29 is 9.90 Å². The number of nitrogens with zero attached hydrogens (tertiary/aromatic N) is 4. The lowest BCUT2D eigenvalue weighted by atomic mass is 10.0. The van der Waals surface area contributed by atoms with Crippen LogP contribution in [0.3, 0.4) is 0 Å². The third kappa shape index (κ3) is 3.75. The highest BCUT2D eigenvalue weighted by Crippen LogP contribution is 2.39. The number of azo groups is 1. The van der Waals surface area contributed by atoms with Gasteiger partial charge in [0.1, 0.15) is 0 Å². The number of amides is 1. The Balaban J connectivity index is 1.64. The van der Waals surface area contributed by atoms with Gasteiger partial charge in [-0.05, 0) is 43.3 Å². The number of hydrogen-bond donors (Lipinski definition) is 1. The van der Waals surface area contributed by atoms with Gasteiger partial charge in [-0.15, -0.1) is 10.2 Å². The number of aryl methyl sites for hydroxylation is 2. The molecule has 0 aliphatic rings. The molecule has 2 heterocycles.